The molecule has 0 radical (unpaired) electrons. The van der Waals surface area contributed by atoms with Crippen molar-refractivity contribution in [1.82, 2.24) is 15.0 Å². The molecule has 2 fully saturated rings. The summed E-state index contributed by atoms with van der Waals surface area (Å²) in [5, 5.41) is 7.56. The topological polar surface area (TPSA) is 66.0 Å². The van der Waals surface area contributed by atoms with Crippen molar-refractivity contribution in [3.8, 4) is 10.4 Å². The minimum absolute atomic E-state index is 0.0439. The second-order valence-corrected chi connectivity index (χ2v) is 13.0. The van der Waals surface area contributed by atoms with Gasteiger partial charge >= 0.3 is 6.03 Å². The Morgan fingerprint density at radius 2 is 1.81 bits per heavy atom. The molecule has 5 nitrogen and oxygen atoms in total. The molecule has 5 rings (SSSR count). The van der Waals surface area contributed by atoms with E-state index in [9.17, 15) is 4.79 Å². The molecule has 3 N–H and O–H groups in total. The highest BCUT2D eigenvalue weighted by molar-refractivity contribution is 7.97. The van der Waals surface area contributed by atoms with Crippen molar-refractivity contribution in [2.45, 2.75) is 87.6 Å². The fraction of sp³-hybridized carbons (Fsp3) is 0.448. The van der Waals surface area contributed by atoms with Gasteiger partial charge in [-0.3, -0.25) is 4.72 Å². The average Bonchev–Trinajstić information content (AvgIpc) is 3.48. The highest BCUT2D eigenvalue weighted by atomic mass is 32.2. The van der Waals surface area contributed by atoms with E-state index < -0.39 is 0 Å². The van der Waals surface area contributed by atoms with E-state index in [4.69, 9.17) is 4.98 Å². The largest absolute Gasteiger partial charge is 0.328 e. The summed E-state index contributed by atoms with van der Waals surface area (Å²) in [4.78, 5) is 20.0. The molecule has 7 heteroatoms. The molecule has 3 aromatic rings. The summed E-state index contributed by atoms with van der Waals surface area (Å²) in [5.74, 6) is 0.602. The Morgan fingerprint density at radius 1 is 1.06 bits per heavy atom. The van der Waals surface area contributed by atoms with E-state index in [0.29, 0.717) is 5.92 Å². The lowest BCUT2D eigenvalue weighted by atomic mass is 9.90. The van der Waals surface area contributed by atoms with Gasteiger partial charge in [-0.2, -0.15) is 0 Å². The summed E-state index contributed by atoms with van der Waals surface area (Å²) in [7, 11) is 0. The fourth-order valence-electron chi connectivity index (χ4n) is 4.79. The molecule has 2 amide bonds. The van der Waals surface area contributed by atoms with Gasteiger partial charge in [0.15, 0.2) is 0 Å². The number of carbonyl (C=O) groups excluding carboxylic acids is 1. The van der Waals surface area contributed by atoms with Crippen LogP contribution in [0.5, 0.6) is 0 Å². The molecule has 0 spiro atoms. The first-order valence-corrected chi connectivity index (χ1v) is 14.6. The maximum Gasteiger partial charge on any atom is 0.319 e. The Labute approximate surface area is 223 Å². The van der Waals surface area contributed by atoms with Crippen molar-refractivity contribution < 1.29 is 4.79 Å². The van der Waals surface area contributed by atoms with Crippen LogP contribution in [0.1, 0.15) is 82.2 Å². The first-order valence-electron chi connectivity index (χ1n) is 13.0. The lowest BCUT2D eigenvalue weighted by molar-refractivity contribution is 0.247. The standard InChI is InChI=1S/C29H36N4OS2/c1-28(2,3)33-36-24-18-22(31-27(34)32-29(16-17-29)21-12-8-5-9-13-21)14-15-23(24)25-19-30-26(35-25)20-10-6-4-7-11-20/h5,8-9,12-15,18-20,33H,4,6-7,10-11,16-17H2,1-3H3,(H2,31,32,34). The SMILES string of the molecule is CC(C)(C)NSc1cc(NC(=O)NC2(c3ccccc3)CC2)ccc1-c1cnc(C2CCCCC2)s1. The van der Waals surface area contributed by atoms with Crippen LogP contribution < -0.4 is 15.4 Å². The zero-order chi connectivity index (χ0) is 25.2. The van der Waals surface area contributed by atoms with Crippen molar-refractivity contribution in [3.63, 3.8) is 0 Å². The van der Waals surface area contributed by atoms with Crippen molar-refractivity contribution in [2.75, 3.05) is 5.32 Å². The predicted molar refractivity (Wildman–Crippen MR) is 152 cm³/mol. The quantitative estimate of drug-likeness (QED) is 0.276. The molecular formula is C29H36N4OS2. The van der Waals surface area contributed by atoms with Gasteiger partial charge in [-0.05, 0) is 76.1 Å². The number of nitrogens with zero attached hydrogens (tertiary/aromatic N) is 1. The van der Waals surface area contributed by atoms with Gasteiger partial charge in [0.05, 0.1) is 15.4 Å². The maximum atomic E-state index is 13.0. The monoisotopic (exact) mass is 520 g/mol. The number of thiazole rings is 1. The number of rotatable bonds is 7. The summed E-state index contributed by atoms with van der Waals surface area (Å²) in [6, 6.07) is 16.3. The molecule has 0 bridgehead atoms. The van der Waals surface area contributed by atoms with Crippen LogP contribution in [-0.2, 0) is 5.54 Å². The maximum absolute atomic E-state index is 13.0. The number of hydrogen-bond donors (Lipinski definition) is 3. The van der Waals surface area contributed by atoms with Gasteiger partial charge in [0.2, 0.25) is 0 Å². The Balaban J connectivity index is 1.34. The Morgan fingerprint density at radius 3 is 2.50 bits per heavy atom. The lowest BCUT2D eigenvalue weighted by Gasteiger charge is -2.21. The molecule has 0 unspecified atom stereocenters. The van der Waals surface area contributed by atoms with Crippen molar-refractivity contribution in [1.29, 1.82) is 0 Å². The number of nitrogens with one attached hydrogen (secondary N) is 3. The average molecular weight is 521 g/mol. The van der Waals surface area contributed by atoms with Gasteiger partial charge in [-0.25, -0.2) is 9.78 Å². The molecule has 0 atom stereocenters. The van der Waals surface area contributed by atoms with E-state index in [2.05, 4.69) is 60.4 Å². The zero-order valence-corrected chi connectivity index (χ0v) is 23.0. The second kappa shape index (κ2) is 10.6. The minimum Gasteiger partial charge on any atom is -0.328 e. The summed E-state index contributed by atoms with van der Waals surface area (Å²) < 4.78 is 3.54. The molecule has 2 aromatic carbocycles. The number of urea groups is 1. The van der Waals surface area contributed by atoms with Gasteiger partial charge in [0, 0.05) is 33.8 Å². The number of amides is 2. The lowest BCUT2D eigenvalue weighted by Crippen LogP contribution is -2.38. The van der Waals surface area contributed by atoms with E-state index in [-0.39, 0.29) is 17.1 Å². The van der Waals surface area contributed by atoms with Gasteiger partial charge in [-0.15, -0.1) is 11.3 Å². The Kier molecular flexibility index (Phi) is 7.42. The first kappa shape index (κ1) is 25.3. The van der Waals surface area contributed by atoms with Crippen molar-refractivity contribution in [2.24, 2.45) is 0 Å². The molecule has 1 aromatic heterocycles. The van der Waals surface area contributed by atoms with E-state index in [1.807, 2.05) is 41.8 Å². The molecule has 2 saturated carbocycles. The van der Waals surface area contributed by atoms with Crippen LogP contribution in [0.2, 0.25) is 0 Å². The van der Waals surface area contributed by atoms with E-state index in [0.717, 1.165) is 29.0 Å². The molecule has 1 heterocycles. The van der Waals surface area contributed by atoms with Crippen LogP contribution in [-0.4, -0.2) is 16.6 Å². The molecule has 2 aliphatic rings. The summed E-state index contributed by atoms with van der Waals surface area (Å²) >= 11 is 3.44. The summed E-state index contributed by atoms with van der Waals surface area (Å²) in [6.07, 6.45) is 10.4. The Hall–Kier alpha value is -2.35. The number of benzene rings is 2. The predicted octanol–water partition coefficient (Wildman–Crippen LogP) is 8.06. The van der Waals surface area contributed by atoms with Crippen molar-refractivity contribution >= 4 is 35.0 Å². The van der Waals surface area contributed by atoms with Gasteiger partial charge < -0.3 is 10.6 Å². The van der Waals surface area contributed by atoms with Crippen LogP contribution in [0.4, 0.5) is 10.5 Å². The smallest absolute Gasteiger partial charge is 0.319 e. The van der Waals surface area contributed by atoms with Gasteiger partial charge in [0.1, 0.15) is 0 Å². The van der Waals surface area contributed by atoms with Crippen molar-refractivity contribution in [3.05, 3.63) is 65.3 Å². The van der Waals surface area contributed by atoms with E-state index >= 15 is 0 Å². The zero-order valence-electron chi connectivity index (χ0n) is 21.4. The third kappa shape index (κ3) is 6.13. The number of aromatic nitrogens is 1. The molecule has 36 heavy (non-hydrogen) atoms. The molecular weight excluding hydrogens is 484 g/mol. The summed E-state index contributed by atoms with van der Waals surface area (Å²) in [6.45, 7) is 6.46. The molecule has 190 valence electrons. The number of carbonyl (C=O) groups is 1. The second-order valence-electron chi connectivity index (χ2n) is 11.1. The van der Waals surface area contributed by atoms with Crippen LogP contribution in [0.25, 0.3) is 10.4 Å². The summed E-state index contributed by atoms with van der Waals surface area (Å²) in [5.41, 5.74) is 2.83. The van der Waals surface area contributed by atoms with Gasteiger partial charge in [0.25, 0.3) is 0 Å². The third-order valence-electron chi connectivity index (χ3n) is 6.88. The van der Waals surface area contributed by atoms with Crippen LogP contribution in [0.3, 0.4) is 0 Å². The number of anilines is 1. The Bertz CT molecular complexity index is 1190. The first-order chi connectivity index (χ1) is 17.3. The van der Waals surface area contributed by atoms with E-state index in [1.165, 1.54) is 47.6 Å². The van der Waals surface area contributed by atoms with Crippen LogP contribution >= 0.6 is 23.3 Å². The normalized spacial score (nSPS) is 17.5. The van der Waals surface area contributed by atoms with Gasteiger partial charge in [-0.1, -0.05) is 55.7 Å². The highest BCUT2D eigenvalue weighted by Gasteiger charge is 2.45. The number of hydrogen-bond acceptors (Lipinski definition) is 5. The van der Waals surface area contributed by atoms with Crippen LogP contribution in [0, 0.1) is 0 Å². The molecule has 0 saturated heterocycles. The van der Waals surface area contributed by atoms with Crippen LogP contribution in [0.15, 0.2) is 59.6 Å². The minimum atomic E-state index is -0.241. The van der Waals surface area contributed by atoms with E-state index in [1.54, 1.807) is 11.9 Å². The molecule has 2 aliphatic carbocycles. The highest BCUT2D eigenvalue weighted by Crippen LogP contribution is 2.45. The molecule has 0 aliphatic heterocycles. The third-order valence-corrected chi connectivity index (χ3v) is 9.34. The fourth-order valence-corrected chi connectivity index (χ4v) is 6.88.